The molecule has 0 aromatic carbocycles. The van der Waals surface area contributed by atoms with Crippen molar-refractivity contribution in [3.05, 3.63) is 0 Å². The van der Waals surface area contributed by atoms with Gasteiger partial charge in [0, 0.05) is 11.3 Å². The van der Waals surface area contributed by atoms with E-state index >= 15 is 0 Å². The second-order valence-electron chi connectivity index (χ2n) is 5.88. The van der Waals surface area contributed by atoms with E-state index in [9.17, 15) is 9.90 Å². The van der Waals surface area contributed by atoms with E-state index in [2.05, 4.69) is 20.8 Å². The fraction of sp³-hybridized carbons (Fsp3) is 0.923. The number of Topliss-reactive ketones (excluding diaryl/α,β-unsaturated/α-hetero) is 1. The van der Waals surface area contributed by atoms with Crippen LogP contribution in [0.15, 0.2) is 0 Å². The Labute approximate surface area is 93.1 Å². The molecule has 3 unspecified atom stereocenters. The average molecular weight is 212 g/mol. The third kappa shape index (κ3) is 1.96. The Morgan fingerprint density at radius 3 is 2.07 bits per heavy atom. The molecule has 1 N–H and O–H groups in total. The molecular formula is C13H24O2. The topological polar surface area (TPSA) is 37.3 Å². The van der Waals surface area contributed by atoms with Crippen molar-refractivity contribution in [2.45, 2.75) is 59.5 Å². The van der Waals surface area contributed by atoms with Crippen LogP contribution in [0.1, 0.15) is 53.9 Å². The molecule has 0 radical (unpaired) electrons. The van der Waals surface area contributed by atoms with Crippen molar-refractivity contribution in [2.24, 2.45) is 17.3 Å². The SMILES string of the molecule is CC(=O)C(C(C)C)C1(C)CCCC1(C)O. The van der Waals surface area contributed by atoms with Gasteiger partial charge in [-0.15, -0.1) is 0 Å². The Bertz CT molecular complexity index is 255. The van der Waals surface area contributed by atoms with Gasteiger partial charge in [0.25, 0.3) is 0 Å². The summed E-state index contributed by atoms with van der Waals surface area (Å²) in [5, 5.41) is 10.4. The number of hydrogen-bond donors (Lipinski definition) is 1. The largest absolute Gasteiger partial charge is 0.390 e. The van der Waals surface area contributed by atoms with Gasteiger partial charge in [0.05, 0.1) is 5.60 Å². The molecule has 1 saturated carbocycles. The van der Waals surface area contributed by atoms with Crippen LogP contribution in [0.3, 0.4) is 0 Å². The molecule has 0 aliphatic heterocycles. The fourth-order valence-electron chi connectivity index (χ4n) is 3.50. The van der Waals surface area contributed by atoms with Crippen LogP contribution in [0.4, 0.5) is 0 Å². The highest BCUT2D eigenvalue weighted by Gasteiger charge is 2.53. The van der Waals surface area contributed by atoms with Crippen LogP contribution in [0.25, 0.3) is 0 Å². The molecule has 0 saturated heterocycles. The molecule has 0 amide bonds. The van der Waals surface area contributed by atoms with Gasteiger partial charge in [-0.25, -0.2) is 0 Å². The lowest BCUT2D eigenvalue weighted by Gasteiger charge is -2.44. The number of ketones is 1. The van der Waals surface area contributed by atoms with Gasteiger partial charge in [-0.05, 0) is 39.0 Å². The quantitative estimate of drug-likeness (QED) is 0.781. The second kappa shape index (κ2) is 3.89. The summed E-state index contributed by atoms with van der Waals surface area (Å²) >= 11 is 0. The highest BCUT2D eigenvalue weighted by atomic mass is 16.3. The Hall–Kier alpha value is -0.370. The molecule has 15 heavy (non-hydrogen) atoms. The van der Waals surface area contributed by atoms with Crippen molar-refractivity contribution in [1.29, 1.82) is 0 Å². The molecule has 0 spiro atoms. The van der Waals surface area contributed by atoms with E-state index < -0.39 is 5.60 Å². The van der Waals surface area contributed by atoms with E-state index in [0.29, 0.717) is 5.92 Å². The van der Waals surface area contributed by atoms with Crippen molar-refractivity contribution < 1.29 is 9.90 Å². The summed E-state index contributed by atoms with van der Waals surface area (Å²) in [6, 6.07) is 0. The number of carbonyl (C=O) groups excluding carboxylic acids is 1. The van der Waals surface area contributed by atoms with Gasteiger partial charge in [0.1, 0.15) is 5.78 Å². The first-order valence-corrected chi connectivity index (χ1v) is 5.95. The molecule has 3 atom stereocenters. The maximum Gasteiger partial charge on any atom is 0.133 e. The molecule has 0 aromatic rings. The Balaban J connectivity index is 3.06. The van der Waals surface area contributed by atoms with Gasteiger partial charge in [-0.3, -0.25) is 4.79 Å². The summed E-state index contributed by atoms with van der Waals surface area (Å²) in [7, 11) is 0. The Kier molecular flexibility index (Phi) is 3.30. The van der Waals surface area contributed by atoms with Gasteiger partial charge < -0.3 is 5.11 Å². The number of hydrogen-bond acceptors (Lipinski definition) is 2. The monoisotopic (exact) mass is 212 g/mol. The van der Waals surface area contributed by atoms with E-state index in [0.717, 1.165) is 19.3 Å². The maximum atomic E-state index is 11.8. The third-order valence-corrected chi connectivity index (χ3v) is 4.38. The molecule has 1 rings (SSSR count). The molecule has 0 aromatic heterocycles. The normalized spacial score (nSPS) is 38.3. The van der Waals surface area contributed by atoms with E-state index in [1.54, 1.807) is 6.92 Å². The van der Waals surface area contributed by atoms with Crippen LogP contribution < -0.4 is 0 Å². The molecule has 1 aliphatic carbocycles. The lowest BCUT2D eigenvalue weighted by Crippen LogP contribution is -2.48. The minimum Gasteiger partial charge on any atom is -0.390 e. The van der Waals surface area contributed by atoms with Crippen LogP contribution in [0, 0.1) is 17.3 Å². The number of aliphatic hydroxyl groups is 1. The van der Waals surface area contributed by atoms with Gasteiger partial charge in [-0.1, -0.05) is 20.8 Å². The highest BCUT2D eigenvalue weighted by molar-refractivity contribution is 5.79. The maximum absolute atomic E-state index is 11.8. The van der Waals surface area contributed by atoms with E-state index in [4.69, 9.17) is 0 Å². The summed E-state index contributed by atoms with van der Waals surface area (Å²) in [5.41, 5.74) is -0.930. The van der Waals surface area contributed by atoms with E-state index in [1.165, 1.54) is 0 Å². The Morgan fingerprint density at radius 1 is 1.27 bits per heavy atom. The molecule has 1 aliphatic rings. The first-order chi connectivity index (χ1) is 6.72. The molecule has 88 valence electrons. The van der Waals surface area contributed by atoms with Crippen LogP contribution in [0.5, 0.6) is 0 Å². The zero-order valence-electron chi connectivity index (χ0n) is 10.6. The van der Waals surface area contributed by atoms with Gasteiger partial charge >= 0.3 is 0 Å². The summed E-state index contributed by atoms with van der Waals surface area (Å²) < 4.78 is 0. The molecular weight excluding hydrogens is 188 g/mol. The van der Waals surface area contributed by atoms with Gasteiger partial charge in [0.2, 0.25) is 0 Å². The summed E-state index contributed by atoms with van der Waals surface area (Å²) in [6.45, 7) is 9.77. The smallest absolute Gasteiger partial charge is 0.133 e. The minimum atomic E-state index is -0.687. The lowest BCUT2D eigenvalue weighted by molar-refractivity contribution is -0.137. The van der Waals surface area contributed by atoms with Crippen molar-refractivity contribution in [3.8, 4) is 0 Å². The van der Waals surface area contributed by atoms with Crippen LogP contribution in [-0.2, 0) is 4.79 Å². The van der Waals surface area contributed by atoms with Crippen molar-refractivity contribution in [3.63, 3.8) is 0 Å². The van der Waals surface area contributed by atoms with Crippen molar-refractivity contribution in [1.82, 2.24) is 0 Å². The fourth-order valence-corrected chi connectivity index (χ4v) is 3.50. The standard InChI is InChI=1S/C13H24O2/c1-9(2)11(10(3)14)12(4)7-6-8-13(12,5)15/h9,11,15H,6-8H2,1-5H3. The third-order valence-electron chi connectivity index (χ3n) is 4.38. The molecule has 2 nitrogen and oxygen atoms in total. The van der Waals surface area contributed by atoms with Crippen LogP contribution in [-0.4, -0.2) is 16.5 Å². The van der Waals surface area contributed by atoms with Crippen LogP contribution >= 0.6 is 0 Å². The number of rotatable bonds is 3. The zero-order chi connectivity index (χ0) is 11.9. The first kappa shape index (κ1) is 12.7. The average Bonchev–Trinajstić information content (AvgIpc) is 2.24. The van der Waals surface area contributed by atoms with Crippen molar-refractivity contribution in [2.75, 3.05) is 0 Å². The van der Waals surface area contributed by atoms with Gasteiger partial charge in [-0.2, -0.15) is 0 Å². The predicted octanol–water partition coefficient (Wildman–Crippen LogP) is 2.79. The lowest BCUT2D eigenvalue weighted by atomic mass is 9.62. The molecule has 1 fully saturated rings. The first-order valence-electron chi connectivity index (χ1n) is 5.95. The van der Waals surface area contributed by atoms with Crippen molar-refractivity contribution >= 4 is 5.78 Å². The zero-order valence-corrected chi connectivity index (χ0v) is 10.6. The van der Waals surface area contributed by atoms with E-state index in [-0.39, 0.29) is 17.1 Å². The molecule has 0 bridgehead atoms. The van der Waals surface area contributed by atoms with E-state index in [1.807, 2.05) is 6.92 Å². The summed E-state index contributed by atoms with van der Waals surface area (Å²) in [5.74, 6) is 0.502. The Morgan fingerprint density at radius 2 is 1.80 bits per heavy atom. The summed E-state index contributed by atoms with van der Waals surface area (Å²) in [4.78, 5) is 11.8. The predicted molar refractivity (Wildman–Crippen MR) is 61.6 cm³/mol. The number of carbonyl (C=O) groups is 1. The van der Waals surface area contributed by atoms with Gasteiger partial charge in [0.15, 0.2) is 0 Å². The minimum absolute atomic E-state index is 0.0185. The molecule has 0 heterocycles. The van der Waals surface area contributed by atoms with Crippen LogP contribution in [0.2, 0.25) is 0 Å². The second-order valence-corrected chi connectivity index (χ2v) is 5.88. The highest BCUT2D eigenvalue weighted by Crippen LogP contribution is 2.53. The summed E-state index contributed by atoms with van der Waals surface area (Å²) in [6.07, 6.45) is 2.81. The molecule has 2 heteroatoms.